The molecule has 5 nitrogen and oxygen atoms in total. The molecule has 5 heterocycles. The molecule has 0 radical (unpaired) electrons. The molecule has 4 aliphatic heterocycles. The number of rotatable bonds is 6. The number of hydrogen-bond donors (Lipinski definition) is 1. The maximum atomic E-state index is 4.53. The predicted octanol–water partition coefficient (Wildman–Crippen LogP) is 3.36. The lowest BCUT2D eigenvalue weighted by molar-refractivity contribution is -0.00873. The van der Waals surface area contributed by atoms with Crippen LogP contribution in [0.1, 0.15) is 43.2 Å². The van der Waals surface area contributed by atoms with Crippen molar-refractivity contribution in [3.05, 3.63) is 53.9 Å². The molecule has 1 N–H and O–H groups in total. The summed E-state index contributed by atoms with van der Waals surface area (Å²) in [5.74, 6) is 2.20. The van der Waals surface area contributed by atoms with Gasteiger partial charge in [0.15, 0.2) is 0 Å². The monoisotopic (exact) mass is 377 g/mol. The average molecular weight is 378 g/mol. The van der Waals surface area contributed by atoms with Crippen molar-refractivity contribution in [1.82, 2.24) is 19.8 Å². The van der Waals surface area contributed by atoms with Crippen molar-refractivity contribution in [2.75, 3.05) is 31.5 Å². The first-order valence-corrected chi connectivity index (χ1v) is 10.9. The first-order valence-electron chi connectivity index (χ1n) is 10.9. The Kier molecular flexibility index (Phi) is 5.03. The lowest BCUT2D eigenvalue weighted by Crippen LogP contribution is -2.59. The zero-order valence-electron chi connectivity index (χ0n) is 16.8. The molecule has 0 saturated carbocycles. The first kappa shape index (κ1) is 18.1. The summed E-state index contributed by atoms with van der Waals surface area (Å²) in [6.45, 7) is 7.74. The van der Waals surface area contributed by atoms with Crippen molar-refractivity contribution in [1.29, 1.82) is 0 Å². The molecule has 1 aromatic heterocycles. The number of anilines is 1. The molecule has 4 aliphatic rings. The molecule has 5 heteroatoms. The Bertz CT molecular complexity index is 769. The van der Waals surface area contributed by atoms with Gasteiger partial charge in [-0.3, -0.25) is 9.80 Å². The van der Waals surface area contributed by atoms with Crippen molar-refractivity contribution in [3.8, 4) is 0 Å². The molecule has 0 aliphatic carbocycles. The van der Waals surface area contributed by atoms with E-state index in [1.807, 2.05) is 12.4 Å². The zero-order valence-corrected chi connectivity index (χ0v) is 16.8. The molecule has 3 atom stereocenters. The van der Waals surface area contributed by atoms with E-state index in [9.17, 15) is 0 Å². The van der Waals surface area contributed by atoms with Gasteiger partial charge in [0.25, 0.3) is 0 Å². The van der Waals surface area contributed by atoms with Gasteiger partial charge in [0, 0.05) is 55.6 Å². The van der Waals surface area contributed by atoms with Crippen molar-refractivity contribution >= 4 is 5.95 Å². The number of hydrogen-bond acceptors (Lipinski definition) is 5. The van der Waals surface area contributed by atoms with Crippen molar-refractivity contribution in [2.24, 2.45) is 5.92 Å². The zero-order chi connectivity index (χ0) is 18.9. The Morgan fingerprint density at radius 1 is 1.04 bits per heavy atom. The van der Waals surface area contributed by atoms with E-state index in [4.69, 9.17) is 0 Å². The summed E-state index contributed by atoms with van der Waals surface area (Å²) in [6, 6.07) is 12.5. The Labute approximate surface area is 168 Å². The van der Waals surface area contributed by atoms with Crippen LogP contribution in [0.5, 0.6) is 0 Å². The van der Waals surface area contributed by atoms with Gasteiger partial charge in [-0.2, -0.15) is 0 Å². The molecule has 0 unspecified atom stereocenters. The van der Waals surface area contributed by atoms with Crippen LogP contribution in [0.25, 0.3) is 0 Å². The highest BCUT2D eigenvalue weighted by Crippen LogP contribution is 2.46. The fraction of sp³-hybridized carbons (Fsp3) is 0.565. The van der Waals surface area contributed by atoms with Crippen molar-refractivity contribution in [2.45, 2.75) is 50.7 Å². The lowest BCUT2D eigenvalue weighted by Gasteiger charge is -2.51. The molecular weight excluding hydrogens is 346 g/mol. The molecule has 4 fully saturated rings. The second-order valence-electron chi connectivity index (χ2n) is 8.64. The standard InChI is InChI=1S/C23H31N5/c1-2-10-24-23-25-13-17(14-26-23)15-28-16-20(18-6-4-3-5-7-18)22-21(28)19-8-11-27(22)12-9-19/h3-7,13-14,19-22H,2,8-12,15-16H2,1H3,(H,24,25,26)/t20-,21+,22+/m0/s1. The fourth-order valence-corrected chi connectivity index (χ4v) is 5.71. The predicted molar refractivity (Wildman–Crippen MR) is 112 cm³/mol. The van der Waals surface area contributed by atoms with E-state index in [2.05, 4.69) is 62.3 Å². The molecule has 1 aromatic carbocycles. The molecule has 4 saturated heterocycles. The van der Waals surface area contributed by atoms with E-state index < -0.39 is 0 Å². The third-order valence-corrected chi connectivity index (χ3v) is 6.95. The summed E-state index contributed by atoms with van der Waals surface area (Å²) in [5.41, 5.74) is 2.73. The molecule has 28 heavy (non-hydrogen) atoms. The number of piperidine rings is 3. The van der Waals surface area contributed by atoms with E-state index in [1.54, 1.807) is 0 Å². The summed E-state index contributed by atoms with van der Waals surface area (Å²) in [5, 5.41) is 3.27. The SMILES string of the molecule is CCCNc1ncc(CN2C[C@@H](c3ccccc3)[C@@H]3[C@H]2C2CCN3CC2)cn1. The third kappa shape index (κ3) is 3.31. The minimum atomic E-state index is 0.612. The fourth-order valence-electron chi connectivity index (χ4n) is 5.71. The van der Waals surface area contributed by atoms with Crippen LogP contribution in [0, 0.1) is 5.92 Å². The summed E-state index contributed by atoms with van der Waals surface area (Å²) in [6.07, 6.45) is 7.82. The van der Waals surface area contributed by atoms with Gasteiger partial charge in [-0.25, -0.2) is 9.97 Å². The Hall–Kier alpha value is -1.98. The smallest absolute Gasteiger partial charge is 0.222 e. The normalized spacial score (nSPS) is 31.7. The van der Waals surface area contributed by atoms with Crippen LogP contribution >= 0.6 is 0 Å². The largest absolute Gasteiger partial charge is 0.354 e. The Morgan fingerprint density at radius 3 is 2.50 bits per heavy atom. The van der Waals surface area contributed by atoms with Crippen LogP contribution in [0.3, 0.4) is 0 Å². The molecule has 148 valence electrons. The topological polar surface area (TPSA) is 44.3 Å². The van der Waals surface area contributed by atoms with E-state index in [0.29, 0.717) is 18.0 Å². The quantitative estimate of drug-likeness (QED) is 0.836. The van der Waals surface area contributed by atoms with Gasteiger partial charge < -0.3 is 5.32 Å². The van der Waals surface area contributed by atoms with Crippen LogP contribution in [-0.4, -0.2) is 58.0 Å². The first-order chi connectivity index (χ1) is 13.8. The molecule has 0 amide bonds. The van der Waals surface area contributed by atoms with Crippen LogP contribution in [0.15, 0.2) is 42.7 Å². The van der Waals surface area contributed by atoms with E-state index in [0.717, 1.165) is 37.9 Å². The summed E-state index contributed by atoms with van der Waals surface area (Å²) in [7, 11) is 0. The van der Waals surface area contributed by atoms with E-state index in [1.165, 1.54) is 37.1 Å². The number of fused-ring (bicyclic) bond motifs is 2. The number of benzene rings is 1. The van der Waals surface area contributed by atoms with Gasteiger partial charge in [-0.1, -0.05) is 37.3 Å². The highest BCUT2D eigenvalue weighted by Gasteiger charge is 2.53. The van der Waals surface area contributed by atoms with E-state index >= 15 is 0 Å². The Morgan fingerprint density at radius 2 is 1.79 bits per heavy atom. The number of nitrogens with one attached hydrogen (secondary N) is 1. The van der Waals surface area contributed by atoms with E-state index in [-0.39, 0.29) is 0 Å². The van der Waals surface area contributed by atoms with Gasteiger partial charge >= 0.3 is 0 Å². The van der Waals surface area contributed by atoms with Gasteiger partial charge in [0.1, 0.15) is 0 Å². The van der Waals surface area contributed by atoms with Gasteiger partial charge in [0.05, 0.1) is 0 Å². The molecular formula is C23H31N5. The maximum Gasteiger partial charge on any atom is 0.222 e. The summed E-state index contributed by atoms with van der Waals surface area (Å²) < 4.78 is 0. The van der Waals surface area contributed by atoms with Gasteiger partial charge in [-0.05, 0) is 43.8 Å². The van der Waals surface area contributed by atoms with Crippen LogP contribution < -0.4 is 5.32 Å². The minimum Gasteiger partial charge on any atom is -0.354 e. The lowest BCUT2D eigenvalue weighted by atomic mass is 9.75. The highest BCUT2D eigenvalue weighted by molar-refractivity contribution is 5.28. The molecule has 0 spiro atoms. The van der Waals surface area contributed by atoms with Crippen molar-refractivity contribution < 1.29 is 0 Å². The summed E-state index contributed by atoms with van der Waals surface area (Å²) in [4.78, 5) is 14.6. The van der Waals surface area contributed by atoms with Crippen LogP contribution in [0.2, 0.25) is 0 Å². The maximum absolute atomic E-state index is 4.53. The third-order valence-electron chi connectivity index (χ3n) is 6.95. The molecule has 2 bridgehead atoms. The van der Waals surface area contributed by atoms with Crippen LogP contribution in [0.4, 0.5) is 5.95 Å². The van der Waals surface area contributed by atoms with Gasteiger partial charge in [-0.15, -0.1) is 0 Å². The number of aromatic nitrogens is 2. The second-order valence-corrected chi connectivity index (χ2v) is 8.64. The molecule has 2 aromatic rings. The van der Waals surface area contributed by atoms with Crippen LogP contribution in [-0.2, 0) is 6.54 Å². The molecule has 6 rings (SSSR count). The number of nitrogens with zero attached hydrogens (tertiary/aromatic N) is 4. The van der Waals surface area contributed by atoms with Crippen molar-refractivity contribution in [3.63, 3.8) is 0 Å². The second kappa shape index (κ2) is 7.80. The summed E-state index contributed by atoms with van der Waals surface area (Å²) >= 11 is 0. The highest BCUT2D eigenvalue weighted by atomic mass is 15.3. The number of likely N-dealkylation sites (tertiary alicyclic amines) is 1. The van der Waals surface area contributed by atoms with Gasteiger partial charge in [0.2, 0.25) is 5.95 Å². The average Bonchev–Trinajstić information content (AvgIpc) is 3.16. The minimum absolute atomic E-state index is 0.612. The Balaban J connectivity index is 1.37.